The third-order valence-corrected chi connectivity index (χ3v) is 5.14. The lowest BCUT2D eigenvalue weighted by Crippen LogP contribution is -2.41. The third kappa shape index (κ3) is 3.80. The second kappa shape index (κ2) is 7.80. The molecule has 1 atom stereocenters. The molecule has 0 aliphatic carbocycles. The van der Waals surface area contributed by atoms with Gasteiger partial charge < -0.3 is 10.3 Å². The number of hydrazine groups is 1. The summed E-state index contributed by atoms with van der Waals surface area (Å²) in [4.78, 5) is 28.8. The van der Waals surface area contributed by atoms with Gasteiger partial charge in [-0.3, -0.25) is 9.59 Å². The first-order chi connectivity index (χ1) is 13.2. The van der Waals surface area contributed by atoms with Gasteiger partial charge >= 0.3 is 0 Å². The summed E-state index contributed by atoms with van der Waals surface area (Å²) < 4.78 is 0. The zero-order valence-electron chi connectivity index (χ0n) is 15.2. The van der Waals surface area contributed by atoms with Crippen LogP contribution in [0.1, 0.15) is 25.7 Å². The van der Waals surface area contributed by atoms with E-state index in [-0.39, 0.29) is 18.2 Å². The van der Waals surface area contributed by atoms with Crippen LogP contribution in [-0.4, -0.2) is 30.9 Å². The van der Waals surface area contributed by atoms with Crippen molar-refractivity contribution in [2.24, 2.45) is 0 Å². The average Bonchev–Trinajstić information content (AvgIpc) is 3.01. The first-order valence-corrected chi connectivity index (χ1v) is 9.51. The van der Waals surface area contributed by atoms with E-state index in [1.807, 2.05) is 54.6 Å². The predicted molar refractivity (Wildman–Crippen MR) is 107 cm³/mol. The quantitative estimate of drug-likeness (QED) is 0.631. The first-order valence-electron chi connectivity index (χ1n) is 9.51. The minimum Gasteiger partial charge on any atom is -0.372 e. The smallest absolute Gasteiger partial charge is 0.253 e. The Bertz CT molecular complexity index is 801. The fraction of sp³-hybridized carbons (Fsp3) is 0.333. The molecular formula is C21H24N4O2. The van der Waals surface area contributed by atoms with Crippen molar-refractivity contribution in [1.29, 1.82) is 0 Å². The molecule has 0 bridgehead atoms. The third-order valence-electron chi connectivity index (χ3n) is 5.14. The van der Waals surface area contributed by atoms with Crippen LogP contribution in [0, 0.1) is 0 Å². The van der Waals surface area contributed by atoms with E-state index in [0.29, 0.717) is 5.69 Å². The van der Waals surface area contributed by atoms with Gasteiger partial charge in [-0.05, 0) is 55.7 Å². The number of carbonyl (C=O) groups is 2. The van der Waals surface area contributed by atoms with Crippen LogP contribution in [0.2, 0.25) is 0 Å². The standard InChI is InChI=1S/C21H24N4O2/c26-20-15-19(23-22-16-7-3-1-4-8-16)21(27)25(20)18-11-9-17(10-12-18)24-13-5-2-6-14-24/h1,3-4,7-12,19,22-23H,2,5-6,13-15H2/t19-/m1/s1. The summed E-state index contributed by atoms with van der Waals surface area (Å²) in [5, 5.41) is 0. The van der Waals surface area contributed by atoms with Crippen molar-refractivity contribution >= 4 is 28.9 Å². The molecule has 0 saturated carbocycles. The van der Waals surface area contributed by atoms with Gasteiger partial charge in [0.05, 0.1) is 12.1 Å². The van der Waals surface area contributed by atoms with Crippen molar-refractivity contribution in [2.75, 3.05) is 28.3 Å². The molecule has 140 valence electrons. The Balaban J connectivity index is 1.42. The maximum absolute atomic E-state index is 12.7. The maximum atomic E-state index is 12.7. The van der Waals surface area contributed by atoms with Crippen LogP contribution >= 0.6 is 0 Å². The van der Waals surface area contributed by atoms with Gasteiger partial charge in [0.15, 0.2) is 0 Å². The maximum Gasteiger partial charge on any atom is 0.253 e. The lowest BCUT2D eigenvalue weighted by atomic mass is 10.1. The molecule has 2 aromatic carbocycles. The van der Waals surface area contributed by atoms with Crippen molar-refractivity contribution < 1.29 is 9.59 Å². The highest BCUT2D eigenvalue weighted by Crippen LogP contribution is 2.27. The fourth-order valence-corrected chi connectivity index (χ4v) is 3.67. The van der Waals surface area contributed by atoms with Crippen LogP contribution in [-0.2, 0) is 9.59 Å². The van der Waals surface area contributed by atoms with Crippen LogP contribution in [0.4, 0.5) is 17.1 Å². The zero-order chi connectivity index (χ0) is 18.6. The Hall–Kier alpha value is -2.86. The van der Waals surface area contributed by atoms with Crippen molar-refractivity contribution in [3.05, 3.63) is 54.6 Å². The van der Waals surface area contributed by atoms with E-state index >= 15 is 0 Å². The topological polar surface area (TPSA) is 64.7 Å². The van der Waals surface area contributed by atoms with Gasteiger partial charge in [-0.15, -0.1) is 0 Å². The van der Waals surface area contributed by atoms with Crippen molar-refractivity contribution in [3.63, 3.8) is 0 Å². The molecule has 6 nitrogen and oxygen atoms in total. The number of piperidine rings is 1. The molecule has 2 aliphatic heterocycles. The molecule has 2 N–H and O–H groups in total. The normalized spacial score (nSPS) is 20.2. The van der Waals surface area contributed by atoms with Gasteiger partial charge in [-0.2, -0.15) is 0 Å². The second-order valence-electron chi connectivity index (χ2n) is 7.02. The SMILES string of the molecule is O=C1C[C@@H](NNc2ccccc2)C(=O)N1c1ccc(N2CCCCC2)cc1. The summed E-state index contributed by atoms with van der Waals surface area (Å²) in [5.41, 5.74) is 8.61. The molecule has 27 heavy (non-hydrogen) atoms. The van der Waals surface area contributed by atoms with Gasteiger partial charge in [0.1, 0.15) is 6.04 Å². The van der Waals surface area contributed by atoms with E-state index in [9.17, 15) is 9.59 Å². The molecule has 4 rings (SSSR count). The molecule has 2 heterocycles. The monoisotopic (exact) mass is 364 g/mol. The predicted octanol–water partition coefficient (Wildman–Crippen LogP) is 2.93. The van der Waals surface area contributed by atoms with Gasteiger partial charge in [-0.25, -0.2) is 10.3 Å². The van der Waals surface area contributed by atoms with E-state index in [0.717, 1.165) is 24.5 Å². The summed E-state index contributed by atoms with van der Waals surface area (Å²) in [5.74, 6) is -0.410. The Morgan fingerprint density at radius 2 is 1.48 bits per heavy atom. The summed E-state index contributed by atoms with van der Waals surface area (Å²) in [7, 11) is 0. The van der Waals surface area contributed by atoms with E-state index in [1.165, 1.54) is 24.2 Å². The number of rotatable bonds is 5. The first kappa shape index (κ1) is 17.5. The zero-order valence-corrected chi connectivity index (χ0v) is 15.2. The van der Waals surface area contributed by atoms with Gasteiger partial charge in [0.25, 0.3) is 5.91 Å². The summed E-state index contributed by atoms with van der Waals surface area (Å²) in [6, 6.07) is 16.7. The molecule has 0 spiro atoms. The van der Waals surface area contributed by atoms with Crippen LogP contribution in [0.5, 0.6) is 0 Å². The highest BCUT2D eigenvalue weighted by Gasteiger charge is 2.39. The number of hydrogen-bond donors (Lipinski definition) is 2. The van der Waals surface area contributed by atoms with Crippen molar-refractivity contribution in [3.8, 4) is 0 Å². The number of hydrogen-bond acceptors (Lipinski definition) is 5. The van der Waals surface area contributed by atoms with Gasteiger partial charge in [0.2, 0.25) is 5.91 Å². The highest BCUT2D eigenvalue weighted by atomic mass is 16.2. The van der Waals surface area contributed by atoms with Crippen LogP contribution < -0.4 is 20.7 Å². The Morgan fingerprint density at radius 1 is 0.815 bits per heavy atom. The summed E-state index contributed by atoms with van der Waals surface area (Å²) >= 11 is 0. The van der Waals surface area contributed by atoms with Crippen LogP contribution in [0.3, 0.4) is 0 Å². The van der Waals surface area contributed by atoms with Crippen molar-refractivity contribution in [2.45, 2.75) is 31.7 Å². The number of para-hydroxylation sites is 1. The molecule has 2 fully saturated rings. The minimum atomic E-state index is -0.570. The number of nitrogens with one attached hydrogen (secondary N) is 2. The number of nitrogens with zero attached hydrogens (tertiary/aromatic N) is 2. The second-order valence-corrected chi connectivity index (χ2v) is 7.02. The Morgan fingerprint density at radius 3 is 2.19 bits per heavy atom. The number of anilines is 3. The number of benzene rings is 2. The van der Waals surface area contributed by atoms with E-state index in [2.05, 4.69) is 15.8 Å². The molecule has 6 heteroatoms. The molecule has 0 aromatic heterocycles. The molecule has 0 unspecified atom stereocenters. The molecule has 2 aromatic rings. The number of amides is 2. The Kier molecular flexibility index (Phi) is 5.07. The molecule has 2 amide bonds. The van der Waals surface area contributed by atoms with Crippen LogP contribution in [0.15, 0.2) is 54.6 Å². The van der Waals surface area contributed by atoms with Crippen molar-refractivity contribution in [1.82, 2.24) is 5.43 Å². The lowest BCUT2D eigenvalue weighted by Gasteiger charge is -2.29. The van der Waals surface area contributed by atoms with E-state index < -0.39 is 6.04 Å². The summed E-state index contributed by atoms with van der Waals surface area (Å²) in [6.45, 7) is 2.14. The number of carbonyl (C=O) groups excluding carboxylic acids is 2. The van der Waals surface area contributed by atoms with E-state index in [4.69, 9.17) is 0 Å². The summed E-state index contributed by atoms with van der Waals surface area (Å²) in [6.07, 6.45) is 3.86. The fourth-order valence-electron chi connectivity index (χ4n) is 3.67. The largest absolute Gasteiger partial charge is 0.372 e. The van der Waals surface area contributed by atoms with Gasteiger partial charge in [-0.1, -0.05) is 18.2 Å². The van der Waals surface area contributed by atoms with Crippen LogP contribution in [0.25, 0.3) is 0 Å². The molecular weight excluding hydrogens is 340 g/mol. The number of imide groups is 1. The minimum absolute atomic E-state index is 0.145. The Labute approximate surface area is 159 Å². The molecule has 0 radical (unpaired) electrons. The highest BCUT2D eigenvalue weighted by molar-refractivity contribution is 6.22. The molecule has 2 aliphatic rings. The van der Waals surface area contributed by atoms with E-state index in [1.54, 1.807) is 0 Å². The lowest BCUT2D eigenvalue weighted by molar-refractivity contribution is -0.121. The van der Waals surface area contributed by atoms with Gasteiger partial charge in [0, 0.05) is 24.5 Å². The average molecular weight is 364 g/mol. The molecule has 2 saturated heterocycles.